The minimum absolute atomic E-state index is 0.00824. The van der Waals surface area contributed by atoms with Crippen molar-refractivity contribution in [2.75, 3.05) is 13.7 Å². The van der Waals surface area contributed by atoms with Gasteiger partial charge in [-0.15, -0.1) is 0 Å². The fourth-order valence-corrected chi connectivity index (χ4v) is 2.13. The van der Waals surface area contributed by atoms with E-state index in [9.17, 15) is 4.79 Å². The van der Waals surface area contributed by atoms with Crippen LogP contribution in [0.1, 0.15) is 6.92 Å². The Balaban J connectivity index is 2.90. The van der Waals surface area contributed by atoms with Gasteiger partial charge in [0.15, 0.2) is 5.75 Å². The molecule has 7 heteroatoms. The topological polar surface area (TPSA) is 44.8 Å². The summed E-state index contributed by atoms with van der Waals surface area (Å²) in [6.45, 7) is 5.01. The van der Waals surface area contributed by atoms with Crippen molar-refractivity contribution in [3.8, 4) is 5.75 Å². The van der Waals surface area contributed by atoms with Crippen LogP contribution in [0.25, 0.3) is 0 Å². The van der Waals surface area contributed by atoms with E-state index >= 15 is 0 Å². The van der Waals surface area contributed by atoms with Crippen molar-refractivity contribution in [3.63, 3.8) is 0 Å². The molecule has 1 aromatic carbocycles. The predicted molar refractivity (Wildman–Crippen MR) is 78.7 cm³/mol. The number of carbonyl (C=O) groups is 1. The summed E-state index contributed by atoms with van der Waals surface area (Å²) in [4.78, 5) is 11.5. The van der Waals surface area contributed by atoms with Crippen LogP contribution in [-0.2, 0) is 14.3 Å². The molecule has 20 heavy (non-hydrogen) atoms. The average Bonchev–Trinajstić information content (AvgIpc) is 2.33. The molecule has 0 fully saturated rings. The maximum absolute atomic E-state index is 11.5. The van der Waals surface area contributed by atoms with E-state index in [0.29, 0.717) is 5.02 Å². The summed E-state index contributed by atoms with van der Waals surface area (Å²) < 4.78 is 15.4. The van der Waals surface area contributed by atoms with E-state index in [1.54, 1.807) is 0 Å². The van der Waals surface area contributed by atoms with Crippen LogP contribution in [0.5, 0.6) is 5.75 Å². The summed E-state index contributed by atoms with van der Waals surface area (Å²) in [5, 5.41) is 0.777. The van der Waals surface area contributed by atoms with Gasteiger partial charge in [-0.05, 0) is 19.1 Å². The highest BCUT2D eigenvalue weighted by molar-refractivity contribution is 6.40. The van der Waals surface area contributed by atoms with Gasteiger partial charge in [0, 0.05) is 17.7 Å². The smallest absolute Gasteiger partial charge is 0.336 e. The Morgan fingerprint density at radius 3 is 2.30 bits per heavy atom. The molecule has 1 unspecified atom stereocenters. The van der Waals surface area contributed by atoms with E-state index in [2.05, 4.69) is 6.58 Å². The number of hydrogen-bond donors (Lipinski definition) is 0. The summed E-state index contributed by atoms with van der Waals surface area (Å²) in [5.41, 5.74) is 0.239. The first kappa shape index (κ1) is 17.1. The highest BCUT2D eigenvalue weighted by atomic mass is 35.5. The second-order valence-electron chi connectivity index (χ2n) is 3.89. The molecule has 0 aliphatic heterocycles. The Labute approximate surface area is 132 Å². The molecule has 1 rings (SSSR count). The van der Waals surface area contributed by atoms with Crippen LogP contribution >= 0.6 is 34.8 Å². The molecule has 0 aliphatic carbocycles. The summed E-state index contributed by atoms with van der Waals surface area (Å²) in [6, 6.07) is 2.93. The third kappa shape index (κ3) is 4.87. The number of ether oxygens (including phenoxy) is 3. The van der Waals surface area contributed by atoms with Crippen LogP contribution in [0.4, 0.5) is 0 Å². The maximum atomic E-state index is 11.5. The van der Waals surface area contributed by atoms with Crippen molar-refractivity contribution in [2.24, 2.45) is 0 Å². The molecule has 0 amide bonds. The van der Waals surface area contributed by atoms with Crippen molar-refractivity contribution < 1.29 is 19.0 Å². The molecule has 0 aliphatic rings. The van der Waals surface area contributed by atoms with Gasteiger partial charge in [0.05, 0.1) is 10.0 Å². The number of methoxy groups -OCH3 is 1. The first-order valence-electron chi connectivity index (χ1n) is 5.51. The van der Waals surface area contributed by atoms with Crippen molar-refractivity contribution >= 4 is 40.8 Å². The number of hydrogen-bond acceptors (Lipinski definition) is 4. The average molecular weight is 340 g/mol. The van der Waals surface area contributed by atoms with E-state index in [1.165, 1.54) is 26.2 Å². The van der Waals surface area contributed by atoms with Gasteiger partial charge in [-0.3, -0.25) is 0 Å². The maximum Gasteiger partial charge on any atom is 0.336 e. The highest BCUT2D eigenvalue weighted by Gasteiger charge is 2.20. The normalized spacial score (nSPS) is 11.8. The second kappa shape index (κ2) is 7.74. The molecule has 4 nitrogen and oxygen atoms in total. The third-order valence-electron chi connectivity index (χ3n) is 2.10. The predicted octanol–water partition coefficient (Wildman–Crippen LogP) is 4.12. The molecule has 0 radical (unpaired) electrons. The van der Waals surface area contributed by atoms with Gasteiger partial charge in [-0.2, -0.15) is 0 Å². The lowest BCUT2D eigenvalue weighted by atomic mass is 10.3. The van der Waals surface area contributed by atoms with Crippen LogP contribution < -0.4 is 4.74 Å². The Bertz CT molecular complexity index is 493. The first-order valence-corrected chi connectivity index (χ1v) is 6.65. The zero-order valence-corrected chi connectivity index (χ0v) is 13.2. The van der Waals surface area contributed by atoms with Gasteiger partial charge in [0.25, 0.3) is 6.29 Å². The van der Waals surface area contributed by atoms with Crippen LogP contribution in [0.3, 0.4) is 0 Å². The largest absolute Gasteiger partial charge is 0.449 e. The quantitative estimate of drug-likeness (QED) is 0.444. The minimum atomic E-state index is -1.000. The fraction of sp³-hybridized carbons (Fsp3) is 0.308. The van der Waals surface area contributed by atoms with E-state index in [1.807, 2.05) is 0 Å². The lowest BCUT2D eigenvalue weighted by molar-refractivity contribution is -0.165. The summed E-state index contributed by atoms with van der Waals surface area (Å²) in [6.07, 6.45) is -1.000. The standard InChI is InChI=1S/C13H13Cl3O4/c1-7(2)13(17)20-11(6-18-3)19-12-9(15)4-8(14)5-10(12)16/h4-5,11H,1,6H2,2-3H3. The van der Waals surface area contributed by atoms with E-state index < -0.39 is 12.3 Å². The SMILES string of the molecule is C=C(C)C(=O)OC(COC)Oc1c(Cl)cc(Cl)cc1Cl. The van der Waals surface area contributed by atoms with Crippen molar-refractivity contribution in [2.45, 2.75) is 13.2 Å². The lowest BCUT2D eigenvalue weighted by Crippen LogP contribution is -2.29. The molecule has 1 aromatic rings. The molecule has 0 N–H and O–H groups in total. The highest BCUT2D eigenvalue weighted by Crippen LogP contribution is 2.36. The zero-order chi connectivity index (χ0) is 15.3. The van der Waals surface area contributed by atoms with Crippen LogP contribution in [0.15, 0.2) is 24.3 Å². The van der Waals surface area contributed by atoms with Crippen LogP contribution in [-0.4, -0.2) is 26.0 Å². The number of benzene rings is 1. The monoisotopic (exact) mass is 338 g/mol. The van der Waals surface area contributed by atoms with E-state index in [0.717, 1.165) is 0 Å². The van der Waals surface area contributed by atoms with Gasteiger partial charge in [0.1, 0.15) is 6.61 Å². The molecule has 1 atom stereocenters. The Hall–Kier alpha value is -0.940. The van der Waals surface area contributed by atoms with Crippen molar-refractivity contribution in [1.29, 1.82) is 0 Å². The Morgan fingerprint density at radius 1 is 1.30 bits per heavy atom. The molecular formula is C13H13Cl3O4. The Kier molecular flexibility index (Phi) is 6.62. The van der Waals surface area contributed by atoms with Gasteiger partial charge in [-0.25, -0.2) is 4.79 Å². The van der Waals surface area contributed by atoms with Gasteiger partial charge >= 0.3 is 5.97 Å². The molecule has 0 spiro atoms. The van der Waals surface area contributed by atoms with E-state index in [4.69, 9.17) is 49.0 Å². The fourth-order valence-electron chi connectivity index (χ4n) is 1.22. The lowest BCUT2D eigenvalue weighted by Gasteiger charge is -2.20. The molecule has 0 heterocycles. The number of rotatable bonds is 6. The Morgan fingerprint density at radius 2 is 1.85 bits per heavy atom. The molecule has 0 saturated heterocycles. The number of carbonyl (C=O) groups excluding carboxylic acids is 1. The third-order valence-corrected chi connectivity index (χ3v) is 2.88. The number of halogens is 3. The molecule has 0 bridgehead atoms. The minimum Gasteiger partial charge on any atom is -0.449 e. The van der Waals surface area contributed by atoms with E-state index in [-0.39, 0.29) is 28.0 Å². The van der Waals surface area contributed by atoms with Gasteiger partial charge in [-0.1, -0.05) is 41.4 Å². The summed E-state index contributed by atoms with van der Waals surface area (Å²) >= 11 is 17.8. The zero-order valence-electron chi connectivity index (χ0n) is 10.9. The molecule has 0 aromatic heterocycles. The van der Waals surface area contributed by atoms with Crippen molar-refractivity contribution in [3.05, 3.63) is 39.4 Å². The first-order chi connectivity index (χ1) is 9.35. The molecule has 0 saturated carbocycles. The van der Waals surface area contributed by atoms with Crippen molar-refractivity contribution in [1.82, 2.24) is 0 Å². The van der Waals surface area contributed by atoms with Crippen LogP contribution in [0.2, 0.25) is 15.1 Å². The van der Waals surface area contributed by atoms with Gasteiger partial charge < -0.3 is 14.2 Å². The molecule has 110 valence electrons. The summed E-state index contributed by atoms with van der Waals surface area (Å²) in [5.74, 6) is -0.442. The second-order valence-corrected chi connectivity index (χ2v) is 5.14. The number of esters is 1. The molecular weight excluding hydrogens is 326 g/mol. The summed E-state index contributed by atoms with van der Waals surface area (Å²) in [7, 11) is 1.44. The van der Waals surface area contributed by atoms with Gasteiger partial charge in [0.2, 0.25) is 0 Å². The van der Waals surface area contributed by atoms with Crippen LogP contribution in [0, 0.1) is 0 Å².